The molecule has 19 heavy (non-hydrogen) atoms. The van der Waals surface area contributed by atoms with Gasteiger partial charge in [0, 0.05) is 18.3 Å². The van der Waals surface area contributed by atoms with Crippen molar-refractivity contribution in [3.63, 3.8) is 0 Å². The molecule has 1 rings (SSSR count). The van der Waals surface area contributed by atoms with Gasteiger partial charge in [0.05, 0.1) is 6.54 Å². The van der Waals surface area contributed by atoms with Crippen LogP contribution >= 0.6 is 0 Å². The minimum atomic E-state index is -1.07. The van der Waals surface area contributed by atoms with Crippen LogP contribution in [0.1, 0.15) is 53.3 Å². The summed E-state index contributed by atoms with van der Waals surface area (Å²) < 4.78 is 7.27. The van der Waals surface area contributed by atoms with Crippen LogP contribution in [0.15, 0.2) is 12.4 Å². The Morgan fingerprint density at radius 2 is 2.00 bits per heavy atom. The standard InChI is InChI=1S/C14H25N3O2/c1-10(2)11-16-7-8-17(11)9-14(6,15)12(18)19-13(3,4)5/h7-8,10H,9,15H2,1-6H3. The number of hydrogen-bond donors (Lipinski definition) is 1. The second-order valence-corrected chi connectivity index (χ2v) is 6.49. The average Bonchev–Trinajstić information content (AvgIpc) is 2.62. The summed E-state index contributed by atoms with van der Waals surface area (Å²) in [5, 5.41) is 0. The highest BCUT2D eigenvalue weighted by molar-refractivity contribution is 5.80. The summed E-state index contributed by atoms with van der Waals surface area (Å²) in [6, 6.07) is 0. The van der Waals surface area contributed by atoms with Crippen molar-refractivity contribution in [2.45, 2.75) is 65.1 Å². The number of nitrogens with two attached hydrogens (primary N) is 1. The van der Waals surface area contributed by atoms with Gasteiger partial charge in [0.25, 0.3) is 0 Å². The molecule has 0 saturated carbocycles. The van der Waals surface area contributed by atoms with E-state index in [0.29, 0.717) is 6.54 Å². The number of esters is 1. The maximum atomic E-state index is 12.1. The molecule has 0 aliphatic carbocycles. The summed E-state index contributed by atoms with van der Waals surface area (Å²) in [7, 11) is 0. The van der Waals surface area contributed by atoms with E-state index in [1.54, 1.807) is 13.1 Å². The van der Waals surface area contributed by atoms with E-state index >= 15 is 0 Å². The third kappa shape index (κ3) is 4.35. The summed E-state index contributed by atoms with van der Waals surface area (Å²) in [5.41, 5.74) is 4.50. The molecule has 0 bridgehead atoms. The first-order valence-electron chi connectivity index (χ1n) is 6.56. The summed E-state index contributed by atoms with van der Waals surface area (Å²) in [5.74, 6) is 0.799. The molecule has 5 heteroatoms. The maximum absolute atomic E-state index is 12.1. The molecular formula is C14H25N3O2. The fraction of sp³-hybridized carbons (Fsp3) is 0.714. The van der Waals surface area contributed by atoms with Gasteiger partial charge in [0.15, 0.2) is 0 Å². The smallest absolute Gasteiger partial charge is 0.328 e. The van der Waals surface area contributed by atoms with Gasteiger partial charge < -0.3 is 15.0 Å². The molecule has 0 amide bonds. The largest absolute Gasteiger partial charge is 0.459 e. The number of imidazole rings is 1. The lowest BCUT2D eigenvalue weighted by atomic mass is 10.0. The molecule has 1 heterocycles. The van der Waals surface area contributed by atoms with E-state index in [1.807, 2.05) is 31.5 Å². The number of nitrogens with zero attached hydrogens (tertiary/aromatic N) is 2. The van der Waals surface area contributed by atoms with Crippen molar-refractivity contribution in [1.82, 2.24) is 9.55 Å². The Bertz CT molecular complexity index is 442. The molecule has 108 valence electrons. The van der Waals surface area contributed by atoms with Gasteiger partial charge in [0.2, 0.25) is 0 Å². The first-order valence-corrected chi connectivity index (χ1v) is 6.56. The molecule has 5 nitrogen and oxygen atoms in total. The second-order valence-electron chi connectivity index (χ2n) is 6.49. The molecule has 2 N–H and O–H groups in total. The number of ether oxygens (including phenoxy) is 1. The normalized spacial score (nSPS) is 15.4. The molecule has 1 unspecified atom stereocenters. The average molecular weight is 267 g/mol. The van der Waals surface area contributed by atoms with Crippen LogP contribution in [-0.2, 0) is 16.1 Å². The Morgan fingerprint density at radius 1 is 1.42 bits per heavy atom. The molecule has 0 aliphatic rings. The van der Waals surface area contributed by atoms with E-state index in [2.05, 4.69) is 18.8 Å². The summed E-state index contributed by atoms with van der Waals surface area (Å²) in [6.07, 6.45) is 3.56. The molecule has 0 spiro atoms. The van der Waals surface area contributed by atoms with Gasteiger partial charge >= 0.3 is 5.97 Å². The Morgan fingerprint density at radius 3 is 2.47 bits per heavy atom. The van der Waals surface area contributed by atoms with Crippen molar-refractivity contribution in [2.24, 2.45) is 5.73 Å². The lowest BCUT2D eigenvalue weighted by Crippen LogP contribution is -2.51. The number of carbonyl (C=O) groups is 1. The molecule has 0 radical (unpaired) electrons. The van der Waals surface area contributed by atoms with Crippen LogP contribution < -0.4 is 5.73 Å². The van der Waals surface area contributed by atoms with Crippen LogP contribution in [0.25, 0.3) is 0 Å². The predicted molar refractivity (Wildman–Crippen MR) is 74.8 cm³/mol. The second kappa shape index (κ2) is 5.33. The third-order valence-corrected chi connectivity index (χ3v) is 2.63. The molecule has 0 fully saturated rings. The highest BCUT2D eigenvalue weighted by atomic mass is 16.6. The zero-order valence-electron chi connectivity index (χ0n) is 12.7. The minimum absolute atomic E-state index is 0.282. The van der Waals surface area contributed by atoms with Crippen LogP contribution in [0.3, 0.4) is 0 Å². The summed E-state index contributed by atoms with van der Waals surface area (Å²) in [6.45, 7) is 11.6. The predicted octanol–water partition coefficient (Wildman–Crippen LogP) is 2.07. The van der Waals surface area contributed by atoms with Crippen molar-refractivity contribution in [2.75, 3.05) is 0 Å². The van der Waals surface area contributed by atoms with Crippen LogP contribution in [0.4, 0.5) is 0 Å². The SMILES string of the molecule is CC(C)c1nccn1CC(C)(N)C(=O)OC(C)(C)C. The molecule has 1 aromatic rings. The van der Waals surface area contributed by atoms with E-state index in [9.17, 15) is 4.79 Å². The Kier molecular flexibility index (Phi) is 4.40. The highest BCUT2D eigenvalue weighted by Crippen LogP contribution is 2.17. The zero-order valence-corrected chi connectivity index (χ0v) is 12.7. The van der Waals surface area contributed by atoms with Crippen LogP contribution in [0.5, 0.6) is 0 Å². The van der Waals surface area contributed by atoms with Gasteiger partial charge in [0.1, 0.15) is 17.0 Å². The van der Waals surface area contributed by atoms with Gasteiger partial charge in [-0.3, -0.25) is 0 Å². The van der Waals surface area contributed by atoms with Crippen molar-refractivity contribution in [3.05, 3.63) is 18.2 Å². The topological polar surface area (TPSA) is 70.1 Å². The number of aromatic nitrogens is 2. The van der Waals surface area contributed by atoms with Crippen molar-refractivity contribution in [1.29, 1.82) is 0 Å². The van der Waals surface area contributed by atoms with E-state index < -0.39 is 17.1 Å². The van der Waals surface area contributed by atoms with Crippen LogP contribution in [-0.4, -0.2) is 26.7 Å². The summed E-state index contributed by atoms with van der Waals surface area (Å²) in [4.78, 5) is 16.4. The Hall–Kier alpha value is -1.36. The fourth-order valence-corrected chi connectivity index (χ4v) is 1.77. The van der Waals surface area contributed by atoms with E-state index in [4.69, 9.17) is 10.5 Å². The van der Waals surface area contributed by atoms with Crippen LogP contribution in [0.2, 0.25) is 0 Å². The van der Waals surface area contributed by atoms with Gasteiger partial charge in [-0.25, -0.2) is 9.78 Å². The van der Waals surface area contributed by atoms with Gasteiger partial charge in [-0.15, -0.1) is 0 Å². The number of rotatable bonds is 4. The first kappa shape index (κ1) is 15.7. The fourth-order valence-electron chi connectivity index (χ4n) is 1.77. The number of hydrogen-bond acceptors (Lipinski definition) is 4. The molecule has 1 atom stereocenters. The van der Waals surface area contributed by atoms with E-state index in [-0.39, 0.29) is 5.92 Å². The molecule has 0 aliphatic heterocycles. The lowest BCUT2D eigenvalue weighted by molar-refractivity contribution is -0.161. The molecule has 0 saturated heterocycles. The lowest BCUT2D eigenvalue weighted by Gasteiger charge is -2.29. The molecule has 1 aromatic heterocycles. The molecule has 0 aromatic carbocycles. The monoisotopic (exact) mass is 267 g/mol. The van der Waals surface area contributed by atoms with Crippen molar-refractivity contribution in [3.8, 4) is 0 Å². The molecular weight excluding hydrogens is 242 g/mol. The van der Waals surface area contributed by atoms with E-state index in [1.165, 1.54) is 0 Å². The quantitative estimate of drug-likeness (QED) is 0.848. The first-order chi connectivity index (χ1) is 8.53. The zero-order chi connectivity index (χ0) is 14.8. The third-order valence-electron chi connectivity index (χ3n) is 2.63. The minimum Gasteiger partial charge on any atom is -0.459 e. The van der Waals surface area contributed by atoms with Gasteiger partial charge in [-0.2, -0.15) is 0 Å². The number of carbonyl (C=O) groups excluding carboxylic acids is 1. The maximum Gasteiger partial charge on any atom is 0.328 e. The highest BCUT2D eigenvalue weighted by Gasteiger charge is 2.34. The Labute approximate surface area is 115 Å². The van der Waals surface area contributed by atoms with Crippen molar-refractivity contribution >= 4 is 5.97 Å². The Balaban J connectivity index is 2.84. The van der Waals surface area contributed by atoms with Crippen LogP contribution in [0, 0.1) is 0 Å². The van der Waals surface area contributed by atoms with Crippen molar-refractivity contribution < 1.29 is 9.53 Å². The van der Waals surface area contributed by atoms with E-state index in [0.717, 1.165) is 5.82 Å². The van der Waals surface area contributed by atoms with Gasteiger partial charge in [-0.05, 0) is 27.7 Å². The van der Waals surface area contributed by atoms with Gasteiger partial charge in [-0.1, -0.05) is 13.8 Å². The summed E-state index contributed by atoms with van der Waals surface area (Å²) >= 11 is 0.